The van der Waals surface area contributed by atoms with Gasteiger partial charge in [0.05, 0.1) is 13.4 Å². The lowest BCUT2D eigenvalue weighted by molar-refractivity contribution is 0.417. The highest BCUT2D eigenvalue weighted by Gasteiger charge is 2.17. The average Bonchev–Trinajstić information content (AvgIpc) is 3.21. The Hall–Kier alpha value is -2.68. The predicted molar refractivity (Wildman–Crippen MR) is 123 cm³/mol. The first-order chi connectivity index (χ1) is 14.3. The Morgan fingerprint density at radius 2 is 1.87 bits per heavy atom. The van der Waals surface area contributed by atoms with E-state index in [1.165, 1.54) is 11.3 Å². The van der Waals surface area contributed by atoms with Crippen molar-refractivity contribution in [3.63, 3.8) is 0 Å². The van der Waals surface area contributed by atoms with Gasteiger partial charge in [-0.15, -0.1) is 11.3 Å². The average molecular weight is 443 g/mol. The lowest BCUT2D eigenvalue weighted by atomic mass is 9.94. The fraction of sp³-hybridized carbons (Fsp3) is 0.227. The summed E-state index contributed by atoms with van der Waals surface area (Å²) in [7, 11) is -1.59. The second-order valence-corrected chi connectivity index (χ2v) is 10.1. The first-order valence-electron chi connectivity index (χ1n) is 9.43. The molecule has 6 nitrogen and oxygen atoms in total. The molecule has 0 fully saturated rings. The number of aromatic amines is 1. The van der Waals surface area contributed by atoms with E-state index in [2.05, 4.69) is 9.71 Å². The molecule has 4 rings (SSSR count). The summed E-state index contributed by atoms with van der Waals surface area (Å²) in [6, 6.07) is 13.7. The number of hydrogen-bond donors (Lipinski definition) is 2. The van der Waals surface area contributed by atoms with Crippen LogP contribution in [0.15, 0.2) is 52.6 Å². The molecular weight excluding hydrogens is 420 g/mol. The van der Waals surface area contributed by atoms with Crippen LogP contribution in [-0.2, 0) is 10.0 Å². The summed E-state index contributed by atoms with van der Waals surface area (Å²) in [5.41, 5.74) is 3.58. The number of aromatic nitrogens is 1. The highest BCUT2D eigenvalue weighted by Crippen LogP contribution is 2.40. The van der Waals surface area contributed by atoms with E-state index in [1.807, 2.05) is 54.8 Å². The fourth-order valence-corrected chi connectivity index (χ4v) is 5.01. The normalized spacial score (nSPS) is 13.0. The highest BCUT2D eigenvalue weighted by molar-refractivity contribution is 7.88. The second-order valence-electron chi connectivity index (χ2n) is 7.33. The van der Waals surface area contributed by atoms with E-state index in [9.17, 15) is 13.2 Å². The topological polar surface area (TPSA) is 88.3 Å². The predicted octanol–water partition coefficient (Wildman–Crippen LogP) is 4.07. The Balaban J connectivity index is 1.83. The molecule has 2 aromatic heterocycles. The Labute approximate surface area is 178 Å². The van der Waals surface area contributed by atoms with Gasteiger partial charge >= 0.3 is 0 Å². The van der Waals surface area contributed by atoms with Crippen LogP contribution in [0.5, 0.6) is 5.75 Å². The van der Waals surface area contributed by atoms with Gasteiger partial charge in [-0.3, -0.25) is 4.79 Å². The standard InChI is InChI=1S/C22H22N2O4S2/c1-13(12-23-30(3,26)27)14-4-6-15(7-5-14)19-18(28-2)9-8-17-20(19)16-10-11-29-21(16)22(25)24-17/h4-11,13,23H,12H2,1-3H3,(H,24,25). The third kappa shape index (κ3) is 3.86. The van der Waals surface area contributed by atoms with Gasteiger partial charge in [-0.05, 0) is 40.6 Å². The lowest BCUT2D eigenvalue weighted by Crippen LogP contribution is -2.26. The number of hydrogen-bond acceptors (Lipinski definition) is 5. The summed E-state index contributed by atoms with van der Waals surface area (Å²) in [5, 5.41) is 3.77. The summed E-state index contributed by atoms with van der Waals surface area (Å²) in [6.45, 7) is 2.32. The SMILES string of the molecule is COc1ccc2[nH]c(=O)c3sccc3c2c1-c1ccc(C(C)CNS(C)(=O)=O)cc1. The van der Waals surface area contributed by atoms with E-state index in [-0.39, 0.29) is 11.5 Å². The zero-order valence-electron chi connectivity index (χ0n) is 16.9. The minimum atomic E-state index is -3.23. The molecule has 1 unspecified atom stereocenters. The number of nitrogens with one attached hydrogen (secondary N) is 2. The monoisotopic (exact) mass is 442 g/mol. The third-order valence-electron chi connectivity index (χ3n) is 5.20. The first-order valence-corrected chi connectivity index (χ1v) is 12.2. The number of ether oxygens (including phenoxy) is 1. The number of rotatable bonds is 6. The molecule has 2 aromatic carbocycles. The Morgan fingerprint density at radius 3 is 2.53 bits per heavy atom. The van der Waals surface area contributed by atoms with Gasteiger partial charge in [0, 0.05) is 28.4 Å². The van der Waals surface area contributed by atoms with E-state index in [1.54, 1.807) is 7.11 Å². The minimum Gasteiger partial charge on any atom is -0.496 e. The molecule has 0 amide bonds. The van der Waals surface area contributed by atoms with Crippen LogP contribution in [0.3, 0.4) is 0 Å². The van der Waals surface area contributed by atoms with Crippen LogP contribution in [-0.4, -0.2) is 33.3 Å². The van der Waals surface area contributed by atoms with Gasteiger partial charge in [-0.1, -0.05) is 31.2 Å². The number of methoxy groups -OCH3 is 1. The highest BCUT2D eigenvalue weighted by atomic mass is 32.2. The summed E-state index contributed by atoms with van der Waals surface area (Å²) < 4.78 is 31.6. The second kappa shape index (κ2) is 7.86. The smallest absolute Gasteiger partial charge is 0.266 e. The minimum absolute atomic E-state index is 0.0307. The maximum absolute atomic E-state index is 12.4. The number of benzene rings is 2. The fourth-order valence-electron chi connectivity index (χ4n) is 3.66. The zero-order chi connectivity index (χ0) is 21.5. The van der Waals surface area contributed by atoms with Crippen LogP contribution < -0.4 is 15.0 Å². The van der Waals surface area contributed by atoms with Crippen LogP contribution in [0.4, 0.5) is 0 Å². The Morgan fingerprint density at radius 1 is 1.13 bits per heavy atom. The van der Waals surface area contributed by atoms with Crippen molar-refractivity contribution in [1.29, 1.82) is 0 Å². The van der Waals surface area contributed by atoms with Crippen molar-refractivity contribution in [3.05, 3.63) is 63.8 Å². The molecule has 4 aromatic rings. The maximum atomic E-state index is 12.4. The summed E-state index contributed by atoms with van der Waals surface area (Å²) in [5.74, 6) is 0.754. The summed E-state index contributed by atoms with van der Waals surface area (Å²) in [6.07, 6.45) is 1.16. The molecule has 0 spiro atoms. The molecule has 30 heavy (non-hydrogen) atoms. The number of thiophene rings is 1. The molecule has 0 aliphatic heterocycles. The van der Waals surface area contributed by atoms with E-state index in [4.69, 9.17) is 4.74 Å². The number of H-pyrrole nitrogens is 1. The van der Waals surface area contributed by atoms with Crippen molar-refractivity contribution in [2.24, 2.45) is 0 Å². The van der Waals surface area contributed by atoms with Crippen LogP contribution in [0, 0.1) is 0 Å². The molecule has 8 heteroatoms. The molecule has 0 bridgehead atoms. The van der Waals surface area contributed by atoms with Crippen molar-refractivity contribution in [2.45, 2.75) is 12.8 Å². The number of sulfonamides is 1. The molecule has 156 valence electrons. The van der Waals surface area contributed by atoms with Crippen LogP contribution in [0.2, 0.25) is 0 Å². The molecule has 2 N–H and O–H groups in total. The maximum Gasteiger partial charge on any atom is 0.266 e. The van der Waals surface area contributed by atoms with Crippen LogP contribution >= 0.6 is 11.3 Å². The molecule has 1 atom stereocenters. The molecular formula is C22H22N2O4S2. The zero-order valence-corrected chi connectivity index (χ0v) is 18.5. The van der Waals surface area contributed by atoms with Crippen molar-refractivity contribution >= 4 is 42.3 Å². The largest absolute Gasteiger partial charge is 0.496 e. The molecule has 0 saturated carbocycles. The van der Waals surface area contributed by atoms with Crippen molar-refractivity contribution in [3.8, 4) is 16.9 Å². The van der Waals surface area contributed by atoms with E-state index in [0.29, 0.717) is 11.2 Å². The van der Waals surface area contributed by atoms with Crippen molar-refractivity contribution in [1.82, 2.24) is 9.71 Å². The van der Waals surface area contributed by atoms with E-state index < -0.39 is 10.0 Å². The van der Waals surface area contributed by atoms with E-state index in [0.717, 1.165) is 45.0 Å². The van der Waals surface area contributed by atoms with Gasteiger partial charge in [0.2, 0.25) is 10.0 Å². The molecule has 0 aliphatic carbocycles. The number of pyridine rings is 1. The molecule has 0 radical (unpaired) electrons. The van der Waals surface area contributed by atoms with Crippen molar-refractivity contribution < 1.29 is 13.2 Å². The van der Waals surface area contributed by atoms with E-state index >= 15 is 0 Å². The van der Waals surface area contributed by atoms with Gasteiger partial charge in [0.25, 0.3) is 5.56 Å². The van der Waals surface area contributed by atoms with Gasteiger partial charge in [-0.25, -0.2) is 13.1 Å². The van der Waals surface area contributed by atoms with Gasteiger partial charge in [0.1, 0.15) is 10.4 Å². The molecule has 0 saturated heterocycles. The van der Waals surface area contributed by atoms with Crippen LogP contribution in [0.1, 0.15) is 18.4 Å². The van der Waals surface area contributed by atoms with Gasteiger partial charge < -0.3 is 9.72 Å². The third-order valence-corrected chi connectivity index (χ3v) is 6.80. The Bertz CT molecular complexity index is 1390. The summed E-state index contributed by atoms with van der Waals surface area (Å²) in [4.78, 5) is 15.4. The van der Waals surface area contributed by atoms with Crippen LogP contribution in [0.25, 0.3) is 32.1 Å². The lowest BCUT2D eigenvalue weighted by Gasteiger charge is -2.16. The van der Waals surface area contributed by atoms with Crippen molar-refractivity contribution in [2.75, 3.05) is 19.9 Å². The summed E-state index contributed by atoms with van der Waals surface area (Å²) >= 11 is 1.42. The number of fused-ring (bicyclic) bond motifs is 3. The van der Waals surface area contributed by atoms with Gasteiger partial charge in [-0.2, -0.15) is 0 Å². The molecule has 0 aliphatic rings. The molecule has 2 heterocycles. The van der Waals surface area contributed by atoms with Gasteiger partial charge in [0.15, 0.2) is 0 Å². The quantitative estimate of drug-likeness (QED) is 0.471. The first kappa shape index (κ1) is 20.6. The Kier molecular flexibility index (Phi) is 5.40.